The van der Waals surface area contributed by atoms with Crippen LogP contribution in [-0.2, 0) is 9.53 Å². The first kappa shape index (κ1) is 6.70. The minimum Gasteiger partial charge on any atom is -0.434 e. The maximum absolute atomic E-state index is 10.1. The van der Waals surface area contributed by atoms with E-state index in [0.717, 1.165) is 6.26 Å². The first-order valence-electron chi connectivity index (χ1n) is 1.98. The smallest absolute Gasteiger partial charge is 0.324 e. The Morgan fingerprint density at radius 3 is 3.00 bits per heavy atom. The Bertz CT molecular complexity index is 134. The molecule has 0 atom stereocenters. The molecule has 42 valence electrons. The maximum Gasteiger partial charge on any atom is 0.324 e. The van der Waals surface area contributed by atoms with Crippen LogP contribution in [0.4, 0.5) is 0 Å². The van der Waals surface area contributed by atoms with Gasteiger partial charge in [0.05, 0.1) is 12.3 Å². The van der Waals surface area contributed by atoms with Crippen LogP contribution in [0.1, 0.15) is 6.42 Å². The lowest BCUT2D eigenvalue weighted by atomic mass is 10.5. The summed E-state index contributed by atoms with van der Waals surface area (Å²) >= 11 is 0. The van der Waals surface area contributed by atoms with Crippen molar-refractivity contribution >= 4 is 5.97 Å². The van der Waals surface area contributed by atoms with Gasteiger partial charge in [0, 0.05) is 0 Å². The van der Waals surface area contributed by atoms with Crippen molar-refractivity contribution in [2.45, 2.75) is 6.42 Å². The number of ether oxygens (including phenoxy) is 1. The second-order valence-corrected chi connectivity index (χ2v) is 0.991. The SMILES string of the molecule is C=COC(=O)CC#N. The van der Waals surface area contributed by atoms with Crippen LogP contribution in [0.2, 0.25) is 0 Å². The Hall–Kier alpha value is -1.30. The van der Waals surface area contributed by atoms with Crippen molar-refractivity contribution < 1.29 is 9.53 Å². The van der Waals surface area contributed by atoms with Gasteiger partial charge < -0.3 is 4.74 Å². The highest BCUT2D eigenvalue weighted by Gasteiger charge is 1.94. The molecule has 0 N–H and O–H groups in total. The van der Waals surface area contributed by atoms with Gasteiger partial charge in [0.25, 0.3) is 0 Å². The number of nitrogens with zero attached hydrogens (tertiary/aromatic N) is 1. The Morgan fingerprint density at radius 1 is 2.00 bits per heavy atom. The molecule has 0 bridgehead atoms. The molecular weight excluding hydrogens is 106 g/mol. The molecule has 0 radical (unpaired) electrons. The number of rotatable bonds is 2. The molecule has 0 saturated carbocycles. The van der Waals surface area contributed by atoms with E-state index in [0.29, 0.717) is 0 Å². The van der Waals surface area contributed by atoms with E-state index in [1.807, 2.05) is 0 Å². The number of nitriles is 1. The van der Waals surface area contributed by atoms with Gasteiger partial charge >= 0.3 is 5.97 Å². The van der Waals surface area contributed by atoms with Crippen molar-refractivity contribution in [2.24, 2.45) is 0 Å². The maximum atomic E-state index is 10.1. The summed E-state index contributed by atoms with van der Waals surface area (Å²) in [6, 6.07) is 1.63. The summed E-state index contributed by atoms with van der Waals surface area (Å²) in [6.45, 7) is 3.13. The van der Waals surface area contributed by atoms with Crippen LogP contribution >= 0.6 is 0 Å². The molecule has 0 aromatic heterocycles. The Balaban J connectivity index is 3.36. The van der Waals surface area contributed by atoms with E-state index in [2.05, 4.69) is 11.3 Å². The first-order valence-corrected chi connectivity index (χ1v) is 1.98. The van der Waals surface area contributed by atoms with E-state index in [-0.39, 0.29) is 6.42 Å². The van der Waals surface area contributed by atoms with Gasteiger partial charge in [-0.1, -0.05) is 6.58 Å². The molecule has 0 aliphatic carbocycles. The van der Waals surface area contributed by atoms with Crippen LogP contribution in [0.15, 0.2) is 12.8 Å². The second-order valence-electron chi connectivity index (χ2n) is 0.991. The van der Waals surface area contributed by atoms with Gasteiger partial charge in [-0.25, -0.2) is 0 Å². The third kappa shape index (κ3) is 2.91. The van der Waals surface area contributed by atoms with Crippen LogP contribution in [0, 0.1) is 11.3 Å². The van der Waals surface area contributed by atoms with E-state index in [1.54, 1.807) is 6.07 Å². The van der Waals surface area contributed by atoms with Crippen molar-refractivity contribution in [3.8, 4) is 6.07 Å². The van der Waals surface area contributed by atoms with E-state index in [9.17, 15) is 4.79 Å². The highest BCUT2D eigenvalue weighted by Crippen LogP contribution is 1.81. The zero-order chi connectivity index (χ0) is 6.41. The summed E-state index contributed by atoms with van der Waals surface area (Å²) in [5.41, 5.74) is 0. The third-order valence-electron chi connectivity index (χ3n) is 0.438. The lowest BCUT2D eigenvalue weighted by molar-refractivity contribution is -0.136. The standard InChI is InChI=1S/C5H5NO2/c1-2-8-5(7)3-4-6/h2H,1,3H2. The summed E-state index contributed by atoms with van der Waals surface area (Å²) in [5.74, 6) is -0.567. The minimum atomic E-state index is -0.567. The van der Waals surface area contributed by atoms with Crippen molar-refractivity contribution in [1.29, 1.82) is 5.26 Å². The molecule has 3 heteroatoms. The summed E-state index contributed by atoms with van der Waals surface area (Å²) in [7, 11) is 0. The van der Waals surface area contributed by atoms with Crippen molar-refractivity contribution in [3.05, 3.63) is 12.8 Å². The van der Waals surface area contributed by atoms with Gasteiger partial charge in [-0.15, -0.1) is 0 Å². The molecule has 3 nitrogen and oxygen atoms in total. The summed E-state index contributed by atoms with van der Waals surface area (Å²) in [4.78, 5) is 10.1. The molecule has 0 aromatic rings. The predicted molar refractivity (Wildman–Crippen MR) is 26.5 cm³/mol. The third-order valence-corrected chi connectivity index (χ3v) is 0.438. The number of esters is 1. The quantitative estimate of drug-likeness (QED) is 0.387. The van der Waals surface area contributed by atoms with Crippen LogP contribution in [-0.4, -0.2) is 5.97 Å². The molecule has 0 amide bonds. The molecule has 0 aliphatic rings. The minimum absolute atomic E-state index is 0.216. The van der Waals surface area contributed by atoms with Crippen molar-refractivity contribution in [2.75, 3.05) is 0 Å². The van der Waals surface area contributed by atoms with E-state index >= 15 is 0 Å². The van der Waals surface area contributed by atoms with Gasteiger partial charge in [-0.05, 0) is 0 Å². The fraction of sp³-hybridized carbons (Fsp3) is 0.200. The van der Waals surface area contributed by atoms with Gasteiger partial charge in [0.1, 0.15) is 6.42 Å². The zero-order valence-electron chi connectivity index (χ0n) is 4.26. The Labute approximate surface area is 47.2 Å². The molecule has 0 heterocycles. The number of carbonyl (C=O) groups is 1. The van der Waals surface area contributed by atoms with Crippen molar-refractivity contribution in [3.63, 3.8) is 0 Å². The first-order chi connectivity index (χ1) is 3.81. The zero-order valence-corrected chi connectivity index (χ0v) is 4.26. The number of hydrogen-bond donors (Lipinski definition) is 0. The molecular formula is C5H5NO2. The van der Waals surface area contributed by atoms with Gasteiger partial charge in [-0.2, -0.15) is 5.26 Å². The van der Waals surface area contributed by atoms with Crippen LogP contribution in [0.5, 0.6) is 0 Å². The summed E-state index contributed by atoms with van der Waals surface area (Å²) in [6.07, 6.45) is 0.783. The lowest BCUT2D eigenvalue weighted by Gasteiger charge is -1.87. The highest BCUT2D eigenvalue weighted by molar-refractivity contribution is 5.72. The molecule has 0 fully saturated rings. The average molecular weight is 111 g/mol. The van der Waals surface area contributed by atoms with Crippen LogP contribution < -0.4 is 0 Å². The largest absolute Gasteiger partial charge is 0.434 e. The van der Waals surface area contributed by atoms with Gasteiger partial charge in [-0.3, -0.25) is 4.79 Å². The van der Waals surface area contributed by atoms with Gasteiger partial charge in [0.15, 0.2) is 0 Å². The summed E-state index contributed by atoms with van der Waals surface area (Å²) < 4.78 is 4.18. The molecule has 0 aliphatic heterocycles. The second kappa shape index (κ2) is 3.88. The topological polar surface area (TPSA) is 50.1 Å². The molecule has 0 saturated heterocycles. The molecule has 0 unspecified atom stereocenters. The van der Waals surface area contributed by atoms with Gasteiger partial charge in [0.2, 0.25) is 0 Å². The highest BCUT2D eigenvalue weighted by atomic mass is 16.5. The molecule has 8 heavy (non-hydrogen) atoms. The monoisotopic (exact) mass is 111 g/mol. The molecule has 0 aromatic carbocycles. The Morgan fingerprint density at radius 2 is 2.62 bits per heavy atom. The lowest BCUT2D eigenvalue weighted by Crippen LogP contribution is -1.95. The normalized spacial score (nSPS) is 6.88. The molecule has 0 spiro atoms. The fourth-order valence-electron chi connectivity index (χ4n) is 0.199. The predicted octanol–water partition coefficient (Wildman–Crippen LogP) is 0.587. The van der Waals surface area contributed by atoms with Crippen molar-refractivity contribution in [1.82, 2.24) is 0 Å². The summed E-state index contributed by atoms with van der Waals surface area (Å²) in [5, 5.41) is 7.88. The van der Waals surface area contributed by atoms with E-state index < -0.39 is 5.97 Å². The number of carbonyl (C=O) groups excluding carboxylic acids is 1. The number of hydrogen-bond acceptors (Lipinski definition) is 3. The molecule has 0 rings (SSSR count). The fourth-order valence-corrected chi connectivity index (χ4v) is 0.199. The van der Waals surface area contributed by atoms with E-state index in [4.69, 9.17) is 5.26 Å². The Kier molecular flexibility index (Phi) is 3.25. The van der Waals surface area contributed by atoms with Crippen LogP contribution in [0.3, 0.4) is 0 Å². The van der Waals surface area contributed by atoms with Crippen LogP contribution in [0.25, 0.3) is 0 Å². The average Bonchev–Trinajstić information content (AvgIpc) is 1.68. The van der Waals surface area contributed by atoms with E-state index in [1.165, 1.54) is 0 Å².